The summed E-state index contributed by atoms with van der Waals surface area (Å²) in [5.41, 5.74) is 2.99. The van der Waals surface area contributed by atoms with Crippen molar-refractivity contribution in [2.24, 2.45) is 9.98 Å². The van der Waals surface area contributed by atoms with E-state index in [1.165, 1.54) is 24.3 Å². The summed E-state index contributed by atoms with van der Waals surface area (Å²) < 4.78 is 25.8. The van der Waals surface area contributed by atoms with Crippen molar-refractivity contribution < 1.29 is 8.78 Å². The topological polar surface area (TPSA) is 24.7 Å². The molecule has 0 heterocycles. The Morgan fingerprint density at radius 2 is 0.917 bits per heavy atom. The molecular formula is C20H14F2N2. The Bertz CT molecular complexity index is 792. The van der Waals surface area contributed by atoms with Gasteiger partial charge in [-0.15, -0.1) is 0 Å². The lowest BCUT2D eigenvalue weighted by molar-refractivity contribution is 0.627. The largest absolute Gasteiger partial charge is 0.254 e. The minimum absolute atomic E-state index is 0.281. The molecule has 0 saturated carbocycles. The molecule has 24 heavy (non-hydrogen) atoms. The number of para-hydroxylation sites is 2. The number of hydrogen-bond acceptors (Lipinski definition) is 2. The number of rotatable bonds is 4. The van der Waals surface area contributed by atoms with Gasteiger partial charge in [0.2, 0.25) is 0 Å². The van der Waals surface area contributed by atoms with Crippen LogP contribution < -0.4 is 0 Å². The fourth-order valence-electron chi connectivity index (χ4n) is 2.07. The lowest BCUT2D eigenvalue weighted by Gasteiger charge is -2.00. The Balaban J connectivity index is 1.82. The maximum Gasteiger partial charge on any atom is 0.123 e. The third-order valence-electron chi connectivity index (χ3n) is 3.33. The maximum atomic E-state index is 12.9. The molecular weight excluding hydrogens is 306 g/mol. The van der Waals surface area contributed by atoms with Crippen LogP contribution in [0.3, 0.4) is 0 Å². The van der Waals surface area contributed by atoms with E-state index in [0.717, 1.165) is 11.1 Å². The molecule has 3 aromatic carbocycles. The van der Waals surface area contributed by atoms with Crippen molar-refractivity contribution in [3.05, 3.63) is 95.6 Å². The first-order chi connectivity index (χ1) is 11.7. The van der Waals surface area contributed by atoms with Gasteiger partial charge in [-0.05, 0) is 47.5 Å². The zero-order chi connectivity index (χ0) is 16.8. The van der Waals surface area contributed by atoms with Gasteiger partial charge in [0, 0.05) is 12.4 Å². The Morgan fingerprint density at radius 1 is 0.542 bits per heavy atom. The van der Waals surface area contributed by atoms with Crippen molar-refractivity contribution in [3.63, 3.8) is 0 Å². The zero-order valence-electron chi connectivity index (χ0n) is 12.7. The highest BCUT2D eigenvalue weighted by Gasteiger charge is 1.98. The molecule has 0 spiro atoms. The Kier molecular flexibility index (Phi) is 4.87. The van der Waals surface area contributed by atoms with Crippen LogP contribution in [0.2, 0.25) is 0 Å². The number of nitrogens with zero attached hydrogens (tertiary/aromatic N) is 2. The monoisotopic (exact) mass is 320 g/mol. The highest BCUT2D eigenvalue weighted by atomic mass is 19.1. The lowest BCUT2D eigenvalue weighted by atomic mass is 10.2. The fourth-order valence-corrected chi connectivity index (χ4v) is 2.07. The van der Waals surface area contributed by atoms with E-state index in [1.807, 2.05) is 24.3 Å². The molecule has 0 aliphatic rings. The molecule has 0 unspecified atom stereocenters. The Labute approximate surface area is 138 Å². The average molecular weight is 320 g/mol. The van der Waals surface area contributed by atoms with E-state index in [2.05, 4.69) is 9.98 Å². The smallest absolute Gasteiger partial charge is 0.123 e. The third kappa shape index (κ3) is 4.20. The molecule has 118 valence electrons. The van der Waals surface area contributed by atoms with Crippen LogP contribution in [0.5, 0.6) is 0 Å². The first kappa shape index (κ1) is 15.7. The fraction of sp³-hybridized carbons (Fsp3) is 0. The molecule has 0 aliphatic carbocycles. The lowest BCUT2D eigenvalue weighted by Crippen LogP contribution is -1.82. The van der Waals surface area contributed by atoms with Gasteiger partial charge in [-0.2, -0.15) is 0 Å². The van der Waals surface area contributed by atoms with E-state index in [0.29, 0.717) is 11.4 Å². The molecule has 0 radical (unpaired) electrons. The van der Waals surface area contributed by atoms with Crippen LogP contribution in [0.15, 0.2) is 82.8 Å². The molecule has 0 amide bonds. The van der Waals surface area contributed by atoms with Crippen LogP contribution in [0.1, 0.15) is 11.1 Å². The first-order valence-corrected chi connectivity index (χ1v) is 7.39. The van der Waals surface area contributed by atoms with E-state index in [-0.39, 0.29) is 11.6 Å². The van der Waals surface area contributed by atoms with Crippen molar-refractivity contribution in [1.82, 2.24) is 0 Å². The summed E-state index contributed by atoms with van der Waals surface area (Å²) in [5.74, 6) is -0.562. The van der Waals surface area contributed by atoms with Crippen LogP contribution in [0.25, 0.3) is 0 Å². The van der Waals surface area contributed by atoms with Gasteiger partial charge in [0.1, 0.15) is 11.6 Å². The van der Waals surface area contributed by atoms with Gasteiger partial charge in [-0.1, -0.05) is 36.4 Å². The normalized spacial score (nSPS) is 11.4. The number of aliphatic imine (C=N–C) groups is 2. The number of halogens is 2. The molecule has 0 fully saturated rings. The molecule has 0 saturated heterocycles. The van der Waals surface area contributed by atoms with Crippen LogP contribution in [0, 0.1) is 11.6 Å². The summed E-state index contributed by atoms with van der Waals surface area (Å²) in [6.07, 6.45) is 3.32. The average Bonchev–Trinajstić information content (AvgIpc) is 2.61. The van der Waals surface area contributed by atoms with Crippen LogP contribution in [-0.2, 0) is 0 Å². The summed E-state index contributed by atoms with van der Waals surface area (Å²) >= 11 is 0. The molecule has 4 heteroatoms. The van der Waals surface area contributed by atoms with Gasteiger partial charge in [-0.3, -0.25) is 9.98 Å². The van der Waals surface area contributed by atoms with Gasteiger partial charge < -0.3 is 0 Å². The van der Waals surface area contributed by atoms with E-state index in [9.17, 15) is 8.78 Å². The number of benzene rings is 3. The Hall–Kier alpha value is -3.14. The molecule has 0 aliphatic heterocycles. The van der Waals surface area contributed by atoms with Crippen molar-refractivity contribution in [2.75, 3.05) is 0 Å². The van der Waals surface area contributed by atoms with Crippen LogP contribution >= 0.6 is 0 Å². The van der Waals surface area contributed by atoms with Crippen molar-refractivity contribution in [3.8, 4) is 0 Å². The van der Waals surface area contributed by atoms with Gasteiger partial charge in [0.25, 0.3) is 0 Å². The second-order valence-corrected chi connectivity index (χ2v) is 5.11. The highest BCUT2D eigenvalue weighted by molar-refractivity contribution is 5.86. The summed E-state index contributed by atoms with van der Waals surface area (Å²) in [7, 11) is 0. The predicted octanol–water partition coefficient (Wildman–Crippen LogP) is 5.47. The molecule has 0 N–H and O–H groups in total. The molecule has 3 aromatic rings. The molecule has 0 bridgehead atoms. The van der Waals surface area contributed by atoms with E-state index >= 15 is 0 Å². The SMILES string of the molecule is Fc1ccc(C=Nc2ccccc2N=Cc2ccc(F)cc2)cc1. The molecule has 0 atom stereocenters. The predicted molar refractivity (Wildman–Crippen MR) is 93.8 cm³/mol. The third-order valence-corrected chi connectivity index (χ3v) is 3.33. The van der Waals surface area contributed by atoms with Crippen molar-refractivity contribution in [1.29, 1.82) is 0 Å². The Morgan fingerprint density at radius 3 is 1.29 bits per heavy atom. The van der Waals surface area contributed by atoms with E-state index in [4.69, 9.17) is 0 Å². The first-order valence-electron chi connectivity index (χ1n) is 7.39. The van der Waals surface area contributed by atoms with Crippen molar-refractivity contribution in [2.45, 2.75) is 0 Å². The standard InChI is InChI=1S/C20H14F2N2/c21-17-9-5-15(6-10-17)13-23-19-3-1-2-4-20(19)24-14-16-7-11-18(22)12-8-16/h1-14H. The van der Waals surface area contributed by atoms with E-state index in [1.54, 1.807) is 36.7 Å². The van der Waals surface area contributed by atoms with Crippen molar-refractivity contribution >= 4 is 23.8 Å². The summed E-state index contributed by atoms with van der Waals surface area (Å²) in [6, 6.07) is 19.6. The van der Waals surface area contributed by atoms with E-state index < -0.39 is 0 Å². The zero-order valence-corrected chi connectivity index (χ0v) is 12.7. The second-order valence-electron chi connectivity index (χ2n) is 5.11. The minimum Gasteiger partial charge on any atom is -0.254 e. The molecule has 2 nitrogen and oxygen atoms in total. The quantitative estimate of drug-likeness (QED) is 0.570. The maximum absolute atomic E-state index is 12.9. The van der Waals surface area contributed by atoms with Gasteiger partial charge in [0.05, 0.1) is 11.4 Å². The molecule has 3 rings (SSSR count). The summed E-state index contributed by atoms with van der Waals surface area (Å²) in [6.45, 7) is 0. The van der Waals surface area contributed by atoms with Crippen LogP contribution in [0.4, 0.5) is 20.2 Å². The molecule has 0 aromatic heterocycles. The van der Waals surface area contributed by atoms with Gasteiger partial charge >= 0.3 is 0 Å². The van der Waals surface area contributed by atoms with Gasteiger partial charge in [0.15, 0.2) is 0 Å². The second kappa shape index (κ2) is 7.42. The number of hydrogen-bond donors (Lipinski definition) is 0. The van der Waals surface area contributed by atoms with Crippen LogP contribution in [-0.4, -0.2) is 12.4 Å². The van der Waals surface area contributed by atoms with Gasteiger partial charge in [-0.25, -0.2) is 8.78 Å². The minimum atomic E-state index is -0.281. The summed E-state index contributed by atoms with van der Waals surface area (Å²) in [4.78, 5) is 8.82. The highest BCUT2D eigenvalue weighted by Crippen LogP contribution is 2.27. The summed E-state index contributed by atoms with van der Waals surface area (Å²) in [5, 5.41) is 0.